The van der Waals surface area contributed by atoms with Gasteiger partial charge in [-0.05, 0) is 67.4 Å². The Bertz CT molecular complexity index is 1220. The maximum absolute atomic E-state index is 13.3. The number of sulfonamides is 1. The molecule has 1 aliphatic heterocycles. The van der Waals surface area contributed by atoms with Crippen LogP contribution in [0.25, 0.3) is 0 Å². The summed E-state index contributed by atoms with van der Waals surface area (Å²) in [7, 11) is -3.79. The van der Waals surface area contributed by atoms with Crippen molar-refractivity contribution in [1.82, 2.24) is 0 Å². The summed E-state index contributed by atoms with van der Waals surface area (Å²) in [6.07, 6.45) is 0.662. The molecule has 0 aromatic heterocycles. The Hall–Kier alpha value is -3.52. The second-order valence-corrected chi connectivity index (χ2v) is 9.65. The van der Waals surface area contributed by atoms with Crippen molar-refractivity contribution in [2.24, 2.45) is 0 Å². The van der Waals surface area contributed by atoms with Crippen molar-refractivity contribution in [3.8, 4) is 11.5 Å². The van der Waals surface area contributed by atoms with Crippen LogP contribution in [0.5, 0.6) is 11.5 Å². The predicted octanol–water partition coefficient (Wildman–Crippen LogP) is 4.24. The van der Waals surface area contributed by atoms with E-state index in [0.717, 1.165) is 6.42 Å². The highest BCUT2D eigenvalue weighted by Gasteiger charge is 2.32. The molecule has 3 aromatic carbocycles. The van der Waals surface area contributed by atoms with Gasteiger partial charge in [0.15, 0.2) is 6.61 Å². The van der Waals surface area contributed by atoms with Crippen molar-refractivity contribution in [2.75, 3.05) is 22.8 Å². The zero-order chi connectivity index (χ0) is 23.4. The molecule has 0 unspecified atom stereocenters. The number of hydrogen-bond acceptors (Lipinski definition) is 5. The Balaban J connectivity index is 1.42. The summed E-state index contributed by atoms with van der Waals surface area (Å²) < 4.78 is 39.2. The molecule has 1 atom stereocenters. The Morgan fingerprint density at radius 2 is 1.76 bits per heavy atom. The number of para-hydroxylation sites is 2. The summed E-state index contributed by atoms with van der Waals surface area (Å²) in [5.41, 5.74) is 2.19. The standard InChI is InChI=1S/C25H26N2O5S/c1-3-19-8-12-21(13-9-19)31-17-25(28)26-20-10-14-22(15-11-20)33(29,30)27-16-18(2)32-24-7-5-4-6-23(24)27/h4-15,18H,3,16-17H2,1-2H3,(H,26,28)/t18-/m1/s1. The van der Waals surface area contributed by atoms with Crippen molar-refractivity contribution in [3.63, 3.8) is 0 Å². The van der Waals surface area contributed by atoms with E-state index in [1.165, 1.54) is 22.0 Å². The van der Waals surface area contributed by atoms with E-state index in [-0.39, 0.29) is 30.1 Å². The van der Waals surface area contributed by atoms with Gasteiger partial charge < -0.3 is 14.8 Å². The highest BCUT2D eigenvalue weighted by atomic mass is 32.2. The number of hydrogen-bond donors (Lipinski definition) is 1. The predicted molar refractivity (Wildman–Crippen MR) is 127 cm³/mol. The molecule has 172 valence electrons. The maximum Gasteiger partial charge on any atom is 0.264 e. The molecule has 1 N–H and O–H groups in total. The zero-order valence-electron chi connectivity index (χ0n) is 18.5. The van der Waals surface area contributed by atoms with E-state index in [1.807, 2.05) is 37.3 Å². The first-order chi connectivity index (χ1) is 15.9. The van der Waals surface area contributed by atoms with Crippen LogP contribution in [0.1, 0.15) is 19.4 Å². The van der Waals surface area contributed by atoms with E-state index in [0.29, 0.717) is 22.9 Å². The van der Waals surface area contributed by atoms with Gasteiger partial charge in [0.05, 0.1) is 17.1 Å². The lowest BCUT2D eigenvalue weighted by molar-refractivity contribution is -0.118. The van der Waals surface area contributed by atoms with Crippen molar-refractivity contribution in [3.05, 3.63) is 78.4 Å². The maximum atomic E-state index is 13.3. The third-order valence-corrected chi connectivity index (χ3v) is 7.11. The second-order valence-electron chi connectivity index (χ2n) is 7.79. The molecule has 0 bridgehead atoms. The van der Waals surface area contributed by atoms with E-state index >= 15 is 0 Å². The van der Waals surface area contributed by atoms with Gasteiger partial charge in [0.1, 0.15) is 17.6 Å². The third-order valence-electron chi connectivity index (χ3n) is 5.31. The monoisotopic (exact) mass is 466 g/mol. The summed E-state index contributed by atoms with van der Waals surface area (Å²) in [6.45, 7) is 3.97. The average Bonchev–Trinajstić information content (AvgIpc) is 2.83. The molecule has 3 aromatic rings. The van der Waals surface area contributed by atoms with Crippen LogP contribution < -0.4 is 19.1 Å². The molecule has 0 aliphatic carbocycles. The summed E-state index contributed by atoms with van der Waals surface area (Å²) in [6, 6.07) is 20.7. The number of carbonyl (C=O) groups excluding carboxylic acids is 1. The molecule has 1 heterocycles. The van der Waals surface area contributed by atoms with Crippen molar-refractivity contribution in [2.45, 2.75) is 31.3 Å². The first-order valence-corrected chi connectivity index (χ1v) is 12.2. The molecular formula is C25H26N2O5S. The van der Waals surface area contributed by atoms with Crippen LogP contribution in [0.2, 0.25) is 0 Å². The van der Waals surface area contributed by atoms with Crippen LogP contribution in [0.4, 0.5) is 11.4 Å². The number of nitrogens with one attached hydrogen (secondary N) is 1. The summed E-state index contributed by atoms with van der Waals surface area (Å²) in [4.78, 5) is 12.4. The van der Waals surface area contributed by atoms with Crippen molar-refractivity contribution in [1.29, 1.82) is 0 Å². The molecule has 4 rings (SSSR count). The van der Waals surface area contributed by atoms with Crippen molar-refractivity contribution >= 4 is 27.3 Å². The van der Waals surface area contributed by atoms with Gasteiger partial charge in [0.25, 0.3) is 15.9 Å². The number of carbonyl (C=O) groups is 1. The van der Waals surface area contributed by atoms with E-state index in [4.69, 9.17) is 9.47 Å². The largest absolute Gasteiger partial charge is 0.487 e. The SMILES string of the molecule is CCc1ccc(OCC(=O)Nc2ccc(S(=O)(=O)N3C[C@@H](C)Oc4ccccc43)cc2)cc1. The Morgan fingerprint density at radius 3 is 2.45 bits per heavy atom. The number of amides is 1. The number of rotatable bonds is 7. The number of fused-ring (bicyclic) bond motifs is 1. The quantitative estimate of drug-likeness (QED) is 0.563. The fraction of sp³-hybridized carbons (Fsp3) is 0.240. The average molecular weight is 467 g/mol. The Morgan fingerprint density at radius 1 is 1.06 bits per heavy atom. The summed E-state index contributed by atoms with van der Waals surface area (Å²) in [5, 5.41) is 2.72. The minimum absolute atomic E-state index is 0.136. The van der Waals surface area contributed by atoms with Gasteiger partial charge in [0, 0.05) is 5.69 Å². The van der Waals surface area contributed by atoms with E-state index in [2.05, 4.69) is 12.2 Å². The number of benzene rings is 3. The van der Waals surface area contributed by atoms with Crippen LogP contribution in [-0.4, -0.2) is 33.6 Å². The van der Waals surface area contributed by atoms with Crippen LogP contribution in [0, 0.1) is 0 Å². The lowest BCUT2D eigenvalue weighted by Gasteiger charge is -2.34. The summed E-state index contributed by atoms with van der Waals surface area (Å²) >= 11 is 0. The van der Waals surface area contributed by atoms with E-state index in [1.54, 1.807) is 30.3 Å². The lowest BCUT2D eigenvalue weighted by atomic mass is 10.2. The van der Waals surface area contributed by atoms with Crippen molar-refractivity contribution < 1.29 is 22.7 Å². The molecule has 0 saturated carbocycles. The van der Waals surface area contributed by atoms with Crippen LogP contribution in [0.15, 0.2) is 77.7 Å². The second kappa shape index (κ2) is 9.54. The number of anilines is 2. The van der Waals surface area contributed by atoms with Gasteiger partial charge in [-0.25, -0.2) is 8.42 Å². The van der Waals surface area contributed by atoms with Crippen LogP contribution >= 0.6 is 0 Å². The van der Waals surface area contributed by atoms with Gasteiger partial charge in [-0.2, -0.15) is 0 Å². The smallest absolute Gasteiger partial charge is 0.264 e. The highest BCUT2D eigenvalue weighted by molar-refractivity contribution is 7.92. The van der Waals surface area contributed by atoms with Gasteiger partial charge in [-0.15, -0.1) is 0 Å². The van der Waals surface area contributed by atoms with Gasteiger partial charge in [0.2, 0.25) is 0 Å². The molecule has 1 aliphatic rings. The molecular weight excluding hydrogens is 440 g/mol. The molecule has 0 spiro atoms. The minimum atomic E-state index is -3.79. The fourth-order valence-electron chi connectivity index (χ4n) is 3.58. The minimum Gasteiger partial charge on any atom is -0.487 e. The van der Waals surface area contributed by atoms with Crippen LogP contribution in [0.3, 0.4) is 0 Å². The third kappa shape index (κ3) is 5.12. The van der Waals surface area contributed by atoms with Crippen LogP contribution in [-0.2, 0) is 21.2 Å². The summed E-state index contributed by atoms with van der Waals surface area (Å²) in [5.74, 6) is 0.818. The molecule has 33 heavy (non-hydrogen) atoms. The number of nitrogens with zero attached hydrogens (tertiary/aromatic N) is 1. The first-order valence-electron chi connectivity index (χ1n) is 10.8. The normalized spacial score (nSPS) is 15.3. The highest BCUT2D eigenvalue weighted by Crippen LogP contribution is 2.36. The first kappa shape index (κ1) is 22.7. The molecule has 0 saturated heterocycles. The van der Waals surface area contributed by atoms with Gasteiger partial charge >= 0.3 is 0 Å². The molecule has 8 heteroatoms. The van der Waals surface area contributed by atoms with E-state index < -0.39 is 10.0 Å². The zero-order valence-corrected chi connectivity index (χ0v) is 19.3. The Kier molecular flexibility index (Phi) is 6.55. The molecule has 7 nitrogen and oxygen atoms in total. The van der Waals surface area contributed by atoms with Gasteiger partial charge in [-0.1, -0.05) is 31.2 Å². The number of aryl methyl sites for hydroxylation is 1. The number of ether oxygens (including phenoxy) is 2. The molecule has 0 fully saturated rings. The lowest BCUT2D eigenvalue weighted by Crippen LogP contribution is -2.42. The fourth-order valence-corrected chi connectivity index (χ4v) is 5.13. The molecule has 0 radical (unpaired) electrons. The Labute approximate surface area is 194 Å². The topological polar surface area (TPSA) is 84.9 Å². The van der Waals surface area contributed by atoms with Gasteiger partial charge in [-0.3, -0.25) is 9.10 Å². The van der Waals surface area contributed by atoms with E-state index in [9.17, 15) is 13.2 Å². The molecule has 1 amide bonds.